The monoisotopic (exact) mass is 417 g/mol. The molecule has 0 saturated carbocycles. The summed E-state index contributed by atoms with van der Waals surface area (Å²) < 4.78 is 22.7. The first-order valence-corrected chi connectivity index (χ1v) is 11.2. The van der Waals surface area contributed by atoms with Crippen LogP contribution in [0.25, 0.3) is 0 Å². The molecule has 0 radical (unpaired) electrons. The molecule has 1 saturated heterocycles. The number of aromatic nitrogens is 2. The van der Waals surface area contributed by atoms with Crippen molar-refractivity contribution >= 4 is 21.7 Å². The highest BCUT2D eigenvalue weighted by Crippen LogP contribution is 2.19. The number of hydrogen-bond acceptors (Lipinski definition) is 6. The highest BCUT2D eigenvalue weighted by Gasteiger charge is 2.23. The van der Waals surface area contributed by atoms with E-state index in [0.717, 1.165) is 22.9 Å². The predicted octanol–water partition coefficient (Wildman–Crippen LogP) is 1.45. The number of sulfonamides is 1. The number of carbonyl (C=O) groups is 1. The lowest BCUT2D eigenvalue weighted by Crippen LogP contribution is -2.49. The summed E-state index contributed by atoms with van der Waals surface area (Å²) >= 11 is 0. The van der Waals surface area contributed by atoms with Crippen molar-refractivity contribution in [2.45, 2.75) is 38.0 Å². The van der Waals surface area contributed by atoms with Crippen LogP contribution in [0, 0.1) is 6.92 Å². The van der Waals surface area contributed by atoms with Crippen molar-refractivity contribution in [3.8, 4) is 0 Å². The minimum absolute atomic E-state index is 0.0229. The summed E-state index contributed by atoms with van der Waals surface area (Å²) in [6, 6.07) is 8.10. The third kappa shape index (κ3) is 5.30. The zero-order valence-electron chi connectivity index (χ0n) is 17.0. The Bertz CT molecular complexity index is 982. The third-order valence-electron chi connectivity index (χ3n) is 4.94. The molecule has 1 aromatic heterocycles. The number of carbonyl (C=O) groups excluding carboxylic acids is 1. The standard InChI is InChI=1S/C20H27N5O3S/c1-14(2)20-22-15(3)12-18(23-20)24-8-10-25(11-9-24)19(26)13-16-4-6-17(7-5-16)29(21,27)28/h4-7,12,14H,8-11,13H2,1-3H3,(H2,21,27,28). The second-order valence-electron chi connectivity index (χ2n) is 7.61. The number of aryl methyl sites for hydroxylation is 1. The highest BCUT2D eigenvalue weighted by molar-refractivity contribution is 7.89. The lowest BCUT2D eigenvalue weighted by Gasteiger charge is -2.35. The van der Waals surface area contributed by atoms with E-state index in [1.54, 1.807) is 12.1 Å². The Balaban J connectivity index is 1.60. The number of anilines is 1. The minimum atomic E-state index is -3.72. The van der Waals surface area contributed by atoms with E-state index in [4.69, 9.17) is 5.14 Å². The molecule has 1 aliphatic heterocycles. The number of primary sulfonamides is 1. The van der Waals surface area contributed by atoms with Gasteiger partial charge in [0.25, 0.3) is 0 Å². The Labute approximate surface area is 171 Å². The van der Waals surface area contributed by atoms with Crippen molar-refractivity contribution in [2.24, 2.45) is 5.14 Å². The number of piperazine rings is 1. The average Bonchev–Trinajstić information content (AvgIpc) is 2.67. The largest absolute Gasteiger partial charge is 0.353 e. The van der Waals surface area contributed by atoms with Crippen molar-refractivity contribution in [2.75, 3.05) is 31.1 Å². The van der Waals surface area contributed by atoms with Gasteiger partial charge >= 0.3 is 0 Å². The topological polar surface area (TPSA) is 109 Å². The molecule has 0 aliphatic carbocycles. The first kappa shape index (κ1) is 21.2. The number of benzene rings is 1. The van der Waals surface area contributed by atoms with Gasteiger partial charge in [0.15, 0.2) is 0 Å². The third-order valence-corrected chi connectivity index (χ3v) is 5.87. The van der Waals surface area contributed by atoms with Crippen LogP contribution in [0.15, 0.2) is 35.2 Å². The van der Waals surface area contributed by atoms with Gasteiger partial charge in [0.1, 0.15) is 11.6 Å². The fourth-order valence-corrected chi connectivity index (χ4v) is 3.78. The molecule has 0 spiro atoms. The molecule has 156 valence electrons. The van der Waals surface area contributed by atoms with E-state index in [1.807, 2.05) is 17.9 Å². The van der Waals surface area contributed by atoms with Crippen molar-refractivity contribution in [1.29, 1.82) is 0 Å². The van der Waals surface area contributed by atoms with Crippen molar-refractivity contribution < 1.29 is 13.2 Å². The first-order chi connectivity index (χ1) is 13.6. The fraction of sp³-hybridized carbons (Fsp3) is 0.450. The summed E-state index contributed by atoms with van der Waals surface area (Å²) in [5.41, 5.74) is 1.71. The number of rotatable bonds is 5. The minimum Gasteiger partial charge on any atom is -0.353 e. The molecule has 0 bridgehead atoms. The van der Waals surface area contributed by atoms with Crippen LogP contribution in [0.4, 0.5) is 5.82 Å². The molecule has 0 unspecified atom stereocenters. The van der Waals surface area contributed by atoms with Crippen LogP contribution < -0.4 is 10.0 Å². The Kier molecular flexibility index (Phi) is 6.18. The Morgan fingerprint density at radius 1 is 1.10 bits per heavy atom. The zero-order valence-corrected chi connectivity index (χ0v) is 17.8. The van der Waals surface area contributed by atoms with Gasteiger partial charge in [-0.25, -0.2) is 23.5 Å². The lowest BCUT2D eigenvalue weighted by atomic mass is 10.1. The van der Waals surface area contributed by atoms with Gasteiger partial charge in [-0.05, 0) is 24.6 Å². The molecule has 1 aliphatic rings. The van der Waals surface area contributed by atoms with Crippen LogP contribution in [-0.2, 0) is 21.2 Å². The molecule has 2 aromatic rings. The molecule has 0 atom stereocenters. The molecule has 1 aromatic carbocycles. The van der Waals surface area contributed by atoms with Gasteiger partial charge in [0, 0.05) is 43.9 Å². The van der Waals surface area contributed by atoms with Crippen LogP contribution in [0.2, 0.25) is 0 Å². The summed E-state index contributed by atoms with van der Waals surface area (Å²) in [7, 11) is -3.72. The zero-order chi connectivity index (χ0) is 21.2. The molecule has 29 heavy (non-hydrogen) atoms. The molecular weight excluding hydrogens is 390 g/mol. The summed E-state index contributed by atoms with van der Waals surface area (Å²) in [6.07, 6.45) is 0.231. The van der Waals surface area contributed by atoms with Gasteiger partial charge in [-0.2, -0.15) is 0 Å². The molecular formula is C20H27N5O3S. The van der Waals surface area contributed by atoms with Gasteiger partial charge in [-0.1, -0.05) is 26.0 Å². The number of amides is 1. The summed E-state index contributed by atoms with van der Waals surface area (Å²) in [6.45, 7) is 8.78. The second kappa shape index (κ2) is 8.46. The van der Waals surface area contributed by atoms with Gasteiger partial charge < -0.3 is 9.80 Å². The van der Waals surface area contributed by atoms with Gasteiger partial charge in [0.05, 0.1) is 11.3 Å². The quantitative estimate of drug-likeness (QED) is 0.788. The summed E-state index contributed by atoms with van der Waals surface area (Å²) in [4.78, 5) is 25.9. The molecule has 1 fully saturated rings. The van der Waals surface area contributed by atoms with E-state index in [2.05, 4.69) is 28.7 Å². The van der Waals surface area contributed by atoms with Crippen LogP contribution >= 0.6 is 0 Å². The Morgan fingerprint density at radius 2 is 1.72 bits per heavy atom. The molecule has 1 amide bonds. The summed E-state index contributed by atoms with van der Waals surface area (Å²) in [5.74, 6) is 2.03. The van der Waals surface area contributed by atoms with E-state index in [9.17, 15) is 13.2 Å². The first-order valence-electron chi connectivity index (χ1n) is 9.63. The van der Waals surface area contributed by atoms with Crippen molar-refractivity contribution in [3.63, 3.8) is 0 Å². The van der Waals surface area contributed by atoms with Crippen molar-refractivity contribution in [1.82, 2.24) is 14.9 Å². The van der Waals surface area contributed by atoms with E-state index >= 15 is 0 Å². The normalized spacial score (nSPS) is 15.1. The Morgan fingerprint density at radius 3 is 2.28 bits per heavy atom. The maximum atomic E-state index is 12.6. The molecule has 9 heteroatoms. The van der Waals surface area contributed by atoms with Crippen LogP contribution in [0.3, 0.4) is 0 Å². The number of nitrogens with zero attached hydrogens (tertiary/aromatic N) is 4. The maximum Gasteiger partial charge on any atom is 0.238 e. The molecule has 2 N–H and O–H groups in total. The van der Waals surface area contributed by atoms with E-state index in [0.29, 0.717) is 26.2 Å². The van der Waals surface area contributed by atoms with Crippen LogP contribution in [-0.4, -0.2) is 55.4 Å². The SMILES string of the molecule is Cc1cc(N2CCN(C(=O)Cc3ccc(S(N)(=O)=O)cc3)CC2)nc(C(C)C)n1. The summed E-state index contributed by atoms with van der Waals surface area (Å²) in [5, 5.41) is 5.10. The van der Waals surface area contributed by atoms with Gasteiger partial charge in [0.2, 0.25) is 15.9 Å². The smallest absolute Gasteiger partial charge is 0.238 e. The van der Waals surface area contributed by atoms with Gasteiger partial charge in [-0.3, -0.25) is 4.79 Å². The fourth-order valence-electron chi connectivity index (χ4n) is 3.26. The predicted molar refractivity (Wildman–Crippen MR) is 111 cm³/mol. The maximum absolute atomic E-state index is 12.6. The van der Waals surface area contributed by atoms with Crippen LogP contribution in [0.1, 0.15) is 36.8 Å². The average molecular weight is 418 g/mol. The second-order valence-corrected chi connectivity index (χ2v) is 9.18. The lowest BCUT2D eigenvalue weighted by molar-refractivity contribution is -0.130. The Hall–Kier alpha value is -2.52. The van der Waals surface area contributed by atoms with Crippen LogP contribution in [0.5, 0.6) is 0 Å². The molecule has 8 nitrogen and oxygen atoms in total. The molecule has 3 rings (SSSR count). The van der Waals surface area contributed by atoms with Gasteiger partial charge in [-0.15, -0.1) is 0 Å². The highest BCUT2D eigenvalue weighted by atomic mass is 32.2. The molecule has 2 heterocycles. The van der Waals surface area contributed by atoms with E-state index < -0.39 is 10.0 Å². The van der Waals surface area contributed by atoms with Crippen molar-refractivity contribution in [3.05, 3.63) is 47.4 Å². The number of nitrogens with two attached hydrogens (primary N) is 1. The van der Waals surface area contributed by atoms with E-state index in [1.165, 1.54) is 12.1 Å². The van der Waals surface area contributed by atoms with E-state index in [-0.39, 0.29) is 23.1 Å². The number of hydrogen-bond donors (Lipinski definition) is 1.